The first-order valence-electron chi connectivity index (χ1n) is 7.35. The van der Waals surface area contributed by atoms with E-state index in [2.05, 4.69) is 20.8 Å². The van der Waals surface area contributed by atoms with Crippen molar-refractivity contribution in [1.82, 2.24) is 15.5 Å². The summed E-state index contributed by atoms with van der Waals surface area (Å²) in [6.45, 7) is 1.36. The second-order valence-corrected chi connectivity index (χ2v) is 5.53. The maximum absolute atomic E-state index is 13.1. The van der Waals surface area contributed by atoms with Gasteiger partial charge in [0.2, 0.25) is 17.6 Å². The van der Waals surface area contributed by atoms with E-state index in [0.717, 1.165) is 0 Å². The molecule has 10 heteroatoms. The number of hydrogen-bond donors (Lipinski definition) is 2. The highest BCUT2D eigenvalue weighted by Crippen LogP contribution is 2.26. The van der Waals surface area contributed by atoms with Crippen molar-refractivity contribution in [2.24, 2.45) is 0 Å². The largest absolute Gasteiger partial charge is 0.485 e. The molecule has 3 rings (SSSR count). The molecule has 0 saturated carbocycles. The molecule has 1 atom stereocenters. The van der Waals surface area contributed by atoms with Crippen molar-refractivity contribution in [3.63, 3.8) is 0 Å². The van der Waals surface area contributed by atoms with E-state index in [1.807, 2.05) is 0 Å². The zero-order valence-electron chi connectivity index (χ0n) is 13.3. The SMILES string of the molecule is Cc1nc(COc2ccc(NC(=O)C3CC(F)(F)CN3)cc2)no1.Cl. The summed E-state index contributed by atoms with van der Waals surface area (Å²) in [7, 11) is 0. The summed E-state index contributed by atoms with van der Waals surface area (Å²) in [5.74, 6) is -1.88. The lowest BCUT2D eigenvalue weighted by Gasteiger charge is -2.11. The Morgan fingerprint density at radius 1 is 1.44 bits per heavy atom. The summed E-state index contributed by atoms with van der Waals surface area (Å²) in [6, 6.07) is 5.67. The monoisotopic (exact) mass is 374 g/mol. The molecule has 7 nitrogen and oxygen atoms in total. The van der Waals surface area contributed by atoms with Gasteiger partial charge in [0.15, 0.2) is 6.61 Å². The zero-order chi connectivity index (χ0) is 17.2. The van der Waals surface area contributed by atoms with Crippen molar-refractivity contribution in [1.29, 1.82) is 0 Å². The summed E-state index contributed by atoms with van der Waals surface area (Å²) in [4.78, 5) is 15.9. The predicted octanol–water partition coefficient (Wildman–Crippen LogP) is 2.31. The van der Waals surface area contributed by atoms with Crippen LogP contribution in [0.15, 0.2) is 28.8 Å². The van der Waals surface area contributed by atoms with Crippen molar-refractivity contribution in [2.45, 2.75) is 31.9 Å². The topological polar surface area (TPSA) is 89.3 Å². The molecular formula is C15H17ClF2N4O3. The number of benzene rings is 1. The number of halogens is 3. The molecule has 136 valence electrons. The molecular weight excluding hydrogens is 358 g/mol. The lowest BCUT2D eigenvalue weighted by Crippen LogP contribution is -2.35. The van der Waals surface area contributed by atoms with Gasteiger partial charge in [-0.15, -0.1) is 12.4 Å². The smallest absolute Gasteiger partial charge is 0.262 e. The predicted molar refractivity (Wildman–Crippen MR) is 87.0 cm³/mol. The number of anilines is 1. The van der Waals surface area contributed by atoms with E-state index in [4.69, 9.17) is 9.26 Å². The number of ether oxygens (including phenoxy) is 1. The summed E-state index contributed by atoms with van der Waals surface area (Å²) in [6.07, 6.45) is -0.496. The maximum atomic E-state index is 13.1. The van der Waals surface area contributed by atoms with E-state index >= 15 is 0 Å². The van der Waals surface area contributed by atoms with Gasteiger partial charge in [-0.2, -0.15) is 4.98 Å². The molecule has 1 aromatic carbocycles. The number of nitrogens with one attached hydrogen (secondary N) is 2. The van der Waals surface area contributed by atoms with E-state index in [1.165, 1.54) is 0 Å². The summed E-state index contributed by atoms with van der Waals surface area (Å²) in [5.41, 5.74) is 0.500. The Morgan fingerprint density at radius 2 is 2.16 bits per heavy atom. The third kappa shape index (κ3) is 5.10. The van der Waals surface area contributed by atoms with Gasteiger partial charge in [0.05, 0.1) is 12.6 Å². The summed E-state index contributed by atoms with van der Waals surface area (Å²) in [5, 5.41) is 8.81. The third-order valence-electron chi connectivity index (χ3n) is 3.49. The van der Waals surface area contributed by atoms with Gasteiger partial charge in [0, 0.05) is 19.0 Å². The number of hydrogen-bond acceptors (Lipinski definition) is 6. The molecule has 0 aliphatic carbocycles. The number of carbonyl (C=O) groups is 1. The van der Waals surface area contributed by atoms with Crippen molar-refractivity contribution < 1.29 is 22.8 Å². The molecule has 25 heavy (non-hydrogen) atoms. The van der Waals surface area contributed by atoms with Gasteiger partial charge in [-0.25, -0.2) is 8.78 Å². The Balaban J connectivity index is 0.00000225. The molecule has 0 spiro atoms. The van der Waals surface area contributed by atoms with Crippen LogP contribution in [0.4, 0.5) is 14.5 Å². The van der Waals surface area contributed by atoms with Crippen LogP contribution < -0.4 is 15.4 Å². The van der Waals surface area contributed by atoms with Crippen LogP contribution in [0.2, 0.25) is 0 Å². The lowest BCUT2D eigenvalue weighted by atomic mass is 10.2. The summed E-state index contributed by atoms with van der Waals surface area (Å²) >= 11 is 0. The Labute approximate surface area is 148 Å². The standard InChI is InChI=1S/C15H16F2N4O3.ClH/c1-9-19-13(21-24-9)7-23-11-4-2-10(3-5-11)20-14(22)12-6-15(16,17)8-18-12;/h2-5,12,18H,6-8H2,1H3,(H,20,22);1H. The number of aromatic nitrogens is 2. The fourth-order valence-electron chi connectivity index (χ4n) is 2.31. The van der Waals surface area contributed by atoms with E-state index in [-0.39, 0.29) is 19.0 Å². The van der Waals surface area contributed by atoms with Gasteiger partial charge in [0.1, 0.15) is 5.75 Å². The molecule has 1 fully saturated rings. The van der Waals surface area contributed by atoms with Crippen LogP contribution >= 0.6 is 12.4 Å². The average molecular weight is 375 g/mol. The fraction of sp³-hybridized carbons (Fsp3) is 0.400. The highest BCUT2D eigenvalue weighted by molar-refractivity contribution is 5.95. The van der Waals surface area contributed by atoms with Crippen LogP contribution in [0.25, 0.3) is 0 Å². The van der Waals surface area contributed by atoms with Crippen molar-refractivity contribution in [3.8, 4) is 5.75 Å². The molecule has 1 aliphatic heterocycles. The van der Waals surface area contributed by atoms with Crippen molar-refractivity contribution in [2.75, 3.05) is 11.9 Å². The third-order valence-corrected chi connectivity index (χ3v) is 3.49. The molecule has 0 radical (unpaired) electrons. The van der Waals surface area contributed by atoms with E-state index in [9.17, 15) is 13.6 Å². The molecule has 1 saturated heterocycles. The summed E-state index contributed by atoms with van der Waals surface area (Å²) < 4.78 is 36.5. The number of nitrogens with zero attached hydrogens (tertiary/aromatic N) is 2. The lowest BCUT2D eigenvalue weighted by molar-refractivity contribution is -0.118. The van der Waals surface area contributed by atoms with Gasteiger partial charge < -0.3 is 14.6 Å². The molecule has 2 N–H and O–H groups in total. The fourth-order valence-corrected chi connectivity index (χ4v) is 2.31. The van der Waals surface area contributed by atoms with E-state index in [0.29, 0.717) is 23.2 Å². The maximum Gasteiger partial charge on any atom is 0.262 e. The number of amides is 1. The average Bonchev–Trinajstić information content (AvgIpc) is 3.12. The van der Waals surface area contributed by atoms with Crippen molar-refractivity contribution >= 4 is 24.0 Å². The van der Waals surface area contributed by atoms with Gasteiger partial charge in [-0.3, -0.25) is 10.1 Å². The van der Waals surface area contributed by atoms with Gasteiger partial charge in [-0.1, -0.05) is 5.16 Å². The van der Waals surface area contributed by atoms with E-state index in [1.54, 1.807) is 31.2 Å². The van der Waals surface area contributed by atoms with Crippen LogP contribution in [0.1, 0.15) is 18.1 Å². The quantitative estimate of drug-likeness (QED) is 0.834. The molecule has 1 unspecified atom stereocenters. The zero-order valence-corrected chi connectivity index (χ0v) is 14.1. The Morgan fingerprint density at radius 3 is 2.72 bits per heavy atom. The molecule has 2 aromatic rings. The Bertz CT molecular complexity index is 724. The minimum absolute atomic E-state index is 0. The molecule has 1 amide bonds. The van der Waals surface area contributed by atoms with Gasteiger partial charge in [0.25, 0.3) is 5.92 Å². The number of carbonyl (C=O) groups excluding carboxylic acids is 1. The highest BCUT2D eigenvalue weighted by Gasteiger charge is 2.42. The van der Waals surface area contributed by atoms with Crippen LogP contribution in [0, 0.1) is 6.92 Å². The van der Waals surface area contributed by atoms with Crippen LogP contribution in [-0.2, 0) is 11.4 Å². The van der Waals surface area contributed by atoms with Crippen LogP contribution in [0.5, 0.6) is 5.75 Å². The minimum atomic E-state index is -2.84. The first-order chi connectivity index (χ1) is 11.4. The first kappa shape index (κ1) is 19.1. The molecule has 1 aliphatic rings. The number of aryl methyl sites for hydroxylation is 1. The Hall–Kier alpha value is -2.26. The first-order valence-corrected chi connectivity index (χ1v) is 7.35. The molecule has 1 aromatic heterocycles. The second-order valence-electron chi connectivity index (χ2n) is 5.53. The van der Waals surface area contributed by atoms with Crippen LogP contribution in [-0.4, -0.2) is 34.6 Å². The van der Waals surface area contributed by atoms with Gasteiger partial charge in [-0.05, 0) is 24.3 Å². The second kappa shape index (κ2) is 7.75. The Kier molecular flexibility index (Phi) is 5.91. The van der Waals surface area contributed by atoms with E-state index < -0.39 is 30.8 Å². The normalized spacial score (nSPS) is 18.4. The number of rotatable bonds is 5. The van der Waals surface area contributed by atoms with Crippen LogP contribution in [0.3, 0.4) is 0 Å². The highest BCUT2D eigenvalue weighted by atomic mass is 35.5. The van der Waals surface area contributed by atoms with Gasteiger partial charge >= 0.3 is 0 Å². The minimum Gasteiger partial charge on any atom is -0.485 e. The molecule has 2 heterocycles. The van der Waals surface area contributed by atoms with Crippen molar-refractivity contribution in [3.05, 3.63) is 36.0 Å². The molecule has 0 bridgehead atoms. The number of alkyl halides is 2.